The molecule has 0 unspecified atom stereocenters. The van der Waals surface area contributed by atoms with Crippen molar-refractivity contribution in [1.29, 1.82) is 0 Å². The van der Waals surface area contributed by atoms with Crippen LogP contribution in [0.3, 0.4) is 0 Å². The lowest BCUT2D eigenvalue weighted by atomic mass is 10.2. The number of piperazine rings is 1. The number of carbonyl (C=O) groups is 1. The Hall–Kier alpha value is -1.65. The number of benzene rings is 1. The number of hydrogen-bond donors (Lipinski definition) is 2. The molecule has 0 bridgehead atoms. The van der Waals surface area contributed by atoms with Crippen molar-refractivity contribution in [2.24, 2.45) is 4.99 Å². The van der Waals surface area contributed by atoms with Gasteiger partial charge in [-0.15, -0.1) is 24.0 Å². The van der Waals surface area contributed by atoms with Gasteiger partial charge in [0.15, 0.2) is 5.96 Å². The zero-order chi connectivity index (χ0) is 19.1. The maximum absolute atomic E-state index is 13.9. The smallest absolute Gasteiger partial charge is 0.221 e. The third kappa shape index (κ3) is 7.11. The van der Waals surface area contributed by atoms with Crippen LogP contribution in [0.1, 0.15) is 20.3 Å². The van der Waals surface area contributed by atoms with E-state index in [1.807, 2.05) is 23.6 Å². The normalized spacial score (nSPS) is 14.8. The van der Waals surface area contributed by atoms with Crippen LogP contribution in [0.2, 0.25) is 0 Å². The van der Waals surface area contributed by atoms with Gasteiger partial charge in [-0.2, -0.15) is 0 Å². The van der Waals surface area contributed by atoms with Crippen molar-refractivity contribution in [2.75, 3.05) is 44.7 Å². The van der Waals surface area contributed by atoms with Crippen molar-refractivity contribution in [3.8, 4) is 0 Å². The summed E-state index contributed by atoms with van der Waals surface area (Å²) in [4.78, 5) is 19.8. The Morgan fingerprint density at radius 3 is 2.48 bits per heavy atom. The molecule has 0 atom stereocenters. The number of rotatable bonds is 5. The molecular weight excluding hydrogens is 467 g/mol. The first kappa shape index (κ1) is 23.4. The van der Waals surface area contributed by atoms with Crippen molar-refractivity contribution < 1.29 is 13.6 Å². The highest BCUT2D eigenvalue weighted by Crippen LogP contribution is 2.21. The number of nitrogens with one attached hydrogen (secondary N) is 2. The summed E-state index contributed by atoms with van der Waals surface area (Å²) in [6.45, 7) is 6.73. The number of hydrogen-bond acceptors (Lipinski definition) is 3. The quantitative estimate of drug-likeness (QED) is 0.374. The van der Waals surface area contributed by atoms with Gasteiger partial charge >= 0.3 is 0 Å². The zero-order valence-corrected chi connectivity index (χ0v) is 18.3. The van der Waals surface area contributed by atoms with E-state index in [1.165, 1.54) is 6.07 Å². The molecule has 1 aliphatic heterocycles. The van der Waals surface area contributed by atoms with E-state index >= 15 is 0 Å². The minimum atomic E-state index is -0.444. The summed E-state index contributed by atoms with van der Waals surface area (Å²) in [5, 5.41) is 6.02. The first-order valence-electron chi connectivity index (χ1n) is 8.85. The van der Waals surface area contributed by atoms with Crippen molar-refractivity contribution in [3.63, 3.8) is 0 Å². The van der Waals surface area contributed by atoms with Crippen molar-refractivity contribution >= 4 is 41.5 Å². The van der Waals surface area contributed by atoms with Crippen LogP contribution in [0.25, 0.3) is 0 Å². The summed E-state index contributed by atoms with van der Waals surface area (Å²) in [6, 6.07) is 3.62. The molecule has 2 rings (SSSR count). The molecule has 1 fully saturated rings. The average molecular weight is 495 g/mol. The van der Waals surface area contributed by atoms with E-state index in [4.69, 9.17) is 0 Å². The Morgan fingerprint density at radius 1 is 1.22 bits per heavy atom. The minimum absolute atomic E-state index is 0. The Bertz CT molecular complexity index is 649. The predicted octanol–water partition coefficient (Wildman–Crippen LogP) is 2.19. The topological polar surface area (TPSA) is 60.0 Å². The summed E-state index contributed by atoms with van der Waals surface area (Å²) in [5.41, 5.74) is 0.290. The fourth-order valence-corrected chi connectivity index (χ4v) is 2.90. The number of carbonyl (C=O) groups excluding carboxylic acids is 1. The number of aliphatic imine (C=N–C) groups is 1. The van der Waals surface area contributed by atoms with Gasteiger partial charge in [-0.3, -0.25) is 9.79 Å². The lowest BCUT2D eigenvalue weighted by Gasteiger charge is -2.37. The molecule has 1 saturated heterocycles. The summed E-state index contributed by atoms with van der Waals surface area (Å²) in [5.74, 6) is -0.157. The monoisotopic (exact) mass is 495 g/mol. The van der Waals surface area contributed by atoms with Crippen molar-refractivity contribution in [3.05, 3.63) is 29.8 Å². The number of anilines is 1. The molecule has 2 N–H and O–H groups in total. The van der Waals surface area contributed by atoms with Gasteiger partial charge in [-0.1, -0.05) is 0 Å². The fraction of sp³-hybridized carbons (Fsp3) is 0.556. The number of nitrogens with zero attached hydrogens (tertiary/aromatic N) is 3. The van der Waals surface area contributed by atoms with E-state index in [2.05, 4.69) is 15.6 Å². The van der Waals surface area contributed by atoms with Crippen LogP contribution in [0.5, 0.6) is 0 Å². The lowest BCUT2D eigenvalue weighted by molar-refractivity contribution is -0.121. The molecule has 1 aliphatic rings. The zero-order valence-electron chi connectivity index (χ0n) is 16.0. The molecule has 0 spiro atoms. The SMILES string of the molecule is CN=C(NCCC(=O)NC(C)C)N1CCN(c2cc(F)ccc2F)CC1.I. The van der Waals surface area contributed by atoms with Crippen LogP contribution in [0.15, 0.2) is 23.2 Å². The fourth-order valence-electron chi connectivity index (χ4n) is 2.90. The van der Waals surface area contributed by atoms with Gasteiger partial charge in [0.05, 0.1) is 5.69 Å². The van der Waals surface area contributed by atoms with Crippen LogP contribution >= 0.6 is 24.0 Å². The molecule has 1 aromatic rings. The molecule has 27 heavy (non-hydrogen) atoms. The maximum Gasteiger partial charge on any atom is 0.221 e. The van der Waals surface area contributed by atoms with Crippen LogP contribution in [-0.2, 0) is 4.79 Å². The van der Waals surface area contributed by atoms with Crippen molar-refractivity contribution in [2.45, 2.75) is 26.3 Å². The molecule has 1 aromatic carbocycles. The van der Waals surface area contributed by atoms with E-state index < -0.39 is 11.6 Å². The molecule has 1 heterocycles. The molecule has 0 aliphatic carbocycles. The van der Waals surface area contributed by atoms with E-state index in [9.17, 15) is 13.6 Å². The highest BCUT2D eigenvalue weighted by Gasteiger charge is 2.22. The Balaban J connectivity index is 0.00000364. The summed E-state index contributed by atoms with van der Waals surface area (Å²) in [7, 11) is 1.69. The Labute approximate surface area is 176 Å². The second kappa shape index (κ2) is 11.3. The molecule has 152 valence electrons. The van der Waals surface area contributed by atoms with E-state index in [0.29, 0.717) is 45.1 Å². The Morgan fingerprint density at radius 2 is 1.89 bits per heavy atom. The van der Waals surface area contributed by atoms with Gasteiger partial charge in [-0.25, -0.2) is 8.78 Å². The second-order valence-electron chi connectivity index (χ2n) is 6.52. The molecular formula is C18H28F2IN5O. The van der Waals surface area contributed by atoms with E-state index in [0.717, 1.165) is 12.1 Å². The summed E-state index contributed by atoms with van der Waals surface area (Å²) in [6.07, 6.45) is 0.367. The van der Waals surface area contributed by atoms with Gasteiger partial charge in [0.2, 0.25) is 5.91 Å². The third-order valence-electron chi connectivity index (χ3n) is 4.12. The number of amides is 1. The predicted molar refractivity (Wildman–Crippen MR) is 115 cm³/mol. The van der Waals surface area contributed by atoms with Crippen LogP contribution in [-0.4, -0.2) is 62.6 Å². The van der Waals surface area contributed by atoms with Crippen LogP contribution in [0, 0.1) is 11.6 Å². The minimum Gasteiger partial charge on any atom is -0.366 e. The highest BCUT2D eigenvalue weighted by molar-refractivity contribution is 14.0. The molecule has 0 saturated carbocycles. The maximum atomic E-state index is 13.9. The molecule has 0 radical (unpaired) electrons. The van der Waals surface area contributed by atoms with Gasteiger partial charge in [0.25, 0.3) is 0 Å². The summed E-state index contributed by atoms with van der Waals surface area (Å²) < 4.78 is 27.3. The Kier molecular flexibility index (Phi) is 9.75. The van der Waals surface area contributed by atoms with Gasteiger partial charge in [0.1, 0.15) is 11.6 Å². The number of halogens is 3. The highest BCUT2D eigenvalue weighted by atomic mass is 127. The second-order valence-corrected chi connectivity index (χ2v) is 6.52. The molecule has 1 amide bonds. The van der Waals surface area contributed by atoms with E-state index in [-0.39, 0.29) is 41.6 Å². The van der Waals surface area contributed by atoms with Crippen LogP contribution < -0.4 is 15.5 Å². The summed E-state index contributed by atoms with van der Waals surface area (Å²) >= 11 is 0. The third-order valence-corrected chi connectivity index (χ3v) is 4.12. The standard InChI is InChI=1S/C18H27F2N5O.HI/c1-13(2)23-17(26)6-7-22-18(21-3)25-10-8-24(9-11-25)16-12-14(19)4-5-15(16)20;/h4-5,12-13H,6-11H2,1-3H3,(H,21,22)(H,23,26);1H. The molecule has 6 nitrogen and oxygen atoms in total. The van der Waals surface area contributed by atoms with Gasteiger partial charge in [0, 0.05) is 58.3 Å². The molecule has 0 aromatic heterocycles. The largest absolute Gasteiger partial charge is 0.366 e. The molecule has 9 heteroatoms. The average Bonchev–Trinajstić information content (AvgIpc) is 2.60. The van der Waals surface area contributed by atoms with E-state index in [1.54, 1.807) is 7.05 Å². The van der Waals surface area contributed by atoms with Crippen LogP contribution in [0.4, 0.5) is 14.5 Å². The van der Waals surface area contributed by atoms with Gasteiger partial charge in [-0.05, 0) is 26.0 Å². The first-order valence-corrected chi connectivity index (χ1v) is 8.85. The van der Waals surface area contributed by atoms with Crippen molar-refractivity contribution in [1.82, 2.24) is 15.5 Å². The number of guanidine groups is 1. The lowest BCUT2D eigenvalue weighted by Crippen LogP contribution is -2.53. The van der Waals surface area contributed by atoms with Gasteiger partial charge < -0.3 is 20.4 Å². The first-order chi connectivity index (χ1) is 12.4.